The number of hydrogen-bond acceptors (Lipinski definition) is 3. The Hall–Kier alpha value is -1.90. The molecule has 0 bridgehead atoms. The summed E-state index contributed by atoms with van der Waals surface area (Å²) in [5.74, 6) is -1.24. The smallest absolute Gasteiger partial charge is 0.0900 e. The SMILES string of the molecule is O=C([O-])c1ccc2ccccc2n1. The van der Waals surface area contributed by atoms with Gasteiger partial charge in [0.05, 0.1) is 17.2 Å². The van der Waals surface area contributed by atoms with Gasteiger partial charge in [-0.05, 0) is 12.1 Å². The second-order valence-corrected chi connectivity index (χ2v) is 2.68. The summed E-state index contributed by atoms with van der Waals surface area (Å²) < 4.78 is 0. The van der Waals surface area contributed by atoms with Crippen LogP contribution in [0.5, 0.6) is 0 Å². The van der Waals surface area contributed by atoms with Crippen LogP contribution in [0.4, 0.5) is 0 Å². The number of rotatable bonds is 1. The number of hydrogen-bond donors (Lipinski definition) is 0. The quantitative estimate of drug-likeness (QED) is 0.632. The summed E-state index contributed by atoms with van der Waals surface area (Å²) in [6.45, 7) is 0. The molecule has 2 rings (SSSR count). The number of carbonyl (C=O) groups excluding carboxylic acids is 1. The molecule has 1 aromatic heterocycles. The highest BCUT2D eigenvalue weighted by Gasteiger charge is 1.96. The molecule has 0 atom stereocenters. The Kier molecular flexibility index (Phi) is 1.70. The molecule has 64 valence electrons. The second kappa shape index (κ2) is 2.86. The van der Waals surface area contributed by atoms with Crippen LogP contribution < -0.4 is 5.11 Å². The number of pyridine rings is 1. The Morgan fingerprint density at radius 2 is 1.92 bits per heavy atom. The van der Waals surface area contributed by atoms with Gasteiger partial charge in [0.15, 0.2) is 0 Å². The van der Waals surface area contributed by atoms with Crippen LogP contribution in [-0.4, -0.2) is 11.0 Å². The molecule has 1 heterocycles. The lowest BCUT2D eigenvalue weighted by Crippen LogP contribution is -2.23. The molecule has 1 aromatic carbocycles. The minimum Gasteiger partial charge on any atom is -0.543 e. The van der Waals surface area contributed by atoms with Crippen molar-refractivity contribution in [2.24, 2.45) is 0 Å². The summed E-state index contributed by atoms with van der Waals surface area (Å²) in [5.41, 5.74) is 0.642. The molecule has 0 fully saturated rings. The molecule has 0 saturated carbocycles. The third-order valence-electron chi connectivity index (χ3n) is 1.81. The first-order valence-electron chi connectivity index (χ1n) is 3.84. The van der Waals surface area contributed by atoms with E-state index in [0.717, 1.165) is 5.39 Å². The summed E-state index contributed by atoms with van der Waals surface area (Å²) in [4.78, 5) is 14.4. The molecule has 3 nitrogen and oxygen atoms in total. The van der Waals surface area contributed by atoms with Crippen molar-refractivity contribution in [1.82, 2.24) is 4.98 Å². The van der Waals surface area contributed by atoms with E-state index in [1.165, 1.54) is 6.07 Å². The third kappa shape index (κ3) is 1.36. The number of fused-ring (bicyclic) bond motifs is 1. The lowest BCUT2D eigenvalue weighted by molar-refractivity contribution is -0.255. The van der Waals surface area contributed by atoms with Gasteiger partial charge in [0, 0.05) is 5.39 Å². The lowest BCUT2D eigenvalue weighted by Gasteiger charge is -2.02. The van der Waals surface area contributed by atoms with E-state index in [1.54, 1.807) is 12.1 Å². The second-order valence-electron chi connectivity index (χ2n) is 2.68. The van der Waals surface area contributed by atoms with Gasteiger partial charge in [-0.2, -0.15) is 0 Å². The average molecular weight is 172 g/mol. The van der Waals surface area contributed by atoms with E-state index in [9.17, 15) is 9.90 Å². The summed E-state index contributed by atoms with van der Waals surface area (Å²) in [5, 5.41) is 11.4. The molecule has 2 aromatic rings. The number of carboxylic acid groups (broad SMARTS) is 1. The first-order chi connectivity index (χ1) is 6.27. The highest BCUT2D eigenvalue weighted by atomic mass is 16.4. The highest BCUT2D eigenvalue weighted by Crippen LogP contribution is 2.10. The number of carboxylic acids is 1. The molecule has 0 unspecified atom stereocenters. The summed E-state index contributed by atoms with van der Waals surface area (Å²) in [7, 11) is 0. The van der Waals surface area contributed by atoms with E-state index in [0.29, 0.717) is 5.52 Å². The molecule has 0 spiro atoms. The fraction of sp³-hybridized carbons (Fsp3) is 0. The van der Waals surface area contributed by atoms with Crippen molar-refractivity contribution in [2.45, 2.75) is 0 Å². The Morgan fingerprint density at radius 1 is 1.15 bits per heavy atom. The Labute approximate surface area is 74.7 Å². The first-order valence-corrected chi connectivity index (χ1v) is 3.84. The largest absolute Gasteiger partial charge is 0.543 e. The summed E-state index contributed by atoms with van der Waals surface area (Å²) >= 11 is 0. The number of aromatic carboxylic acids is 1. The maximum Gasteiger partial charge on any atom is 0.0900 e. The number of benzene rings is 1. The molecule has 0 N–H and O–H groups in total. The van der Waals surface area contributed by atoms with Crippen LogP contribution in [0.3, 0.4) is 0 Å². The van der Waals surface area contributed by atoms with Crippen LogP contribution in [0.1, 0.15) is 10.5 Å². The van der Waals surface area contributed by atoms with Crippen LogP contribution in [0.25, 0.3) is 10.9 Å². The number of aromatic nitrogens is 1. The minimum absolute atomic E-state index is 0.0290. The van der Waals surface area contributed by atoms with E-state index in [1.807, 2.05) is 18.2 Å². The number of carbonyl (C=O) groups is 1. The van der Waals surface area contributed by atoms with Crippen LogP contribution in [0.15, 0.2) is 36.4 Å². The van der Waals surface area contributed by atoms with Gasteiger partial charge in [0.2, 0.25) is 0 Å². The van der Waals surface area contributed by atoms with Crippen molar-refractivity contribution < 1.29 is 9.90 Å². The Bertz CT molecular complexity index is 465. The van der Waals surface area contributed by atoms with Crippen LogP contribution >= 0.6 is 0 Å². The molecule has 0 aliphatic rings. The Balaban J connectivity index is 2.69. The van der Waals surface area contributed by atoms with E-state index in [-0.39, 0.29) is 5.69 Å². The van der Waals surface area contributed by atoms with Gasteiger partial charge < -0.3 is 9.90 Å². The van der Waals surface area contributed by atoms with Crippen LogP contribution in [0.2, 0.25) is 0 Å². The molecule has 0 radical (unpaired) electrons. The standard InChI is InChI=1S/C10H7NO2/c12-10(13)9-6-5-7-3-1-2-4-8(7)11-9/h1-6H,(H,12,13)/p-1. The topological polar surface area (TPSA) is 53.0 Å². The molecular formula is C10H6NO2-. The summed E-state index contributed by atoms with van der Waals surface area (Å²) in [6.07, 6.45) is 0. The molecule has 0 amide bonds. The number of nitrogens with zero attached hydrogens (tertiary/aromatic N) is 1. The highest BCUT2D eigenvalue weighted by molar-refractivity contribution is 5.88. The van der Waals surface area contributed by atoms with E-state index >= 15 is 0 Å². The molecule has 3 heteroatoms. The zero-order valence-corrected chi connectivity index (χ0v) is 6.73. The van der Waals surface area contributed by atoms with Gasteiger partial charge in [-0.15, -0.1) is 0 Å². The monoisotopic (exact) mass is 172 g/mol. The van der Waals surface area contributed by atoms with Gasteiger partial charge >= 0.3 is 0 Å². The maximum atomic E-state index is 10.5. The molecule has 0 aliphatic heterocycles. The maximum absolute atomic E-state index is 10.5. The first kappa shape index (κ1) is 7.73. The van der Waals surface area contributed by atoms with Crippen molar-refractivity contribution in [2.75, 3.05) is 0 Å². The summed E-state index contributed by atoms with van der Waals surface area (Å²) in [6, 6.07) is 10.5. The minimum atomic E-state index is -1.24. The predicted octanol–water partition coefficient (Wildman–Crippen LogP) is 0.598. The normalized spacial score (nSPS) is 10.2. The molecular weight excluding hydrogens is 166 g/mol. The lowest BCUT2D eigenvalue weighted by atomic mass is 10.2. The van der Waals surface area contributed by atoms with E-state index in [2.05, 4.69) is 4.98 Å². The molecule has 0 saturated heterocycles. The van der Waals surface area contributed by atoms with Crippen LogP contribution in [0, 0.1) is 0 Å². The number of para-hydroxylation sites is 1. The predicted molar refractivity (Wildman–Crippen MR) is 46.1 cm³/mol. The fourth-order valence-electron chi connectivity index (χ4n) is 1.18. The fourth-order valence-corrected chi connectivity index (χ4v) is 1.18. The Morgan fingerprint density at radius 3 is 2.69 bits per heavy atom. The zero-order chi connectivity index (χ0) is 9.26. The third-order valence-corrected chi connectivity index (χ3v) is 1.81. The van der Waals surface area contributed by atoms with Gasteiger partial charge in [0.1, 0.15) is 0 Å². The van der Waals surface area contributed by atoms with Gasteiger partial charge in [0.25, 0.3) is 0 Å². The average Bonchev–Trinajstić information content (AvgIpc) is 2.17. The van der Waals surface area contributed by atoms with Crippen molar-refractivity contribution >= 4 is 16.9 Å². The van der Waals surface area contributed by atoms with Crippen molar-refractivity contribution in [1.29, 1.82) is 0 Å². The van der Waals surface area contributed by atoms with Gasteiger partial charge in [-0.3, -0.25) is 0 Å². The van der Waals surface area contributed by atoms with Crippen molar-refractivity contribution in [3.8, 4) is 0 Å². The zero-order valence-electron chi connectivity index (χ0n) is 6.73. The molecule has 13 heavy (non-hydrogen) atoms. The molecule has 0 aliphatic carbocycles. The van der Waals surface area contributed by atoms with E-state index in [4.69, 9.17) is 0 Å². The van der Waals surface area contributed by atoms with Gasteiger partial charge in [-0.25, -0.2) is 4.98 Å². The van der Waals surface area contributed by atoms with Crippen LogP contribution in [-0.2, 0) is 0 Å². The van der Waals surface area contributed by atoms with Crippen molar-refractivity contribution in [3.63, 3.8) is 0 Å². The van der Waals surface area contributed by atoms with Gasteiger partial charge in [-0.1, -0.05) is 24.3 Å². The van der Waals surface area contributed by atoms with E-state index < -0.39 is 5.97 Å². The van der Waals surface area contributed by atoms with Crippen molar-refractivity contribution in [3.05, 3.63) is 42.1 Å².